The van der Waals surface area contributed by atoms with Crippen molar-refractivity contribution in [1.29, 1.82) is 0 Å². The molecule has 2 heteroatoms. The van der Waals surface area contributed by atoms with Crippen molar-refractivity contribution in [3.63, 3.8) is 0 Å². The Balaban J connectivity index is 1.73. The van der Waals surface area contributed by atoms with Crippen molar-refractivity contribution in [3.05, 3.63) is 108 Å². The van der Waals surface area contributed by atoms with Gasteiger partial charge in [-0.25, -0.2) is 0 Å². The molecule has 4 aromatic carbocycles. The summed E-state index contributed by atoms with van der Waals surface area (Å²) in [5, 5.41) is 0. The molecular formula is C32H34S2. The van der Waals surface area contributed by atoms with Crippen LogP contribution in [0.4, 0.5) is 0 Å². The molecule has 0 saturated heterocycles. The second kappa shape index (κ2) is 11.8. The predicted molar refractivity (Wildman–Crippen MR) is 153 cm³/mol. The molecule has 0 spiro atoms. The van der Waals surface area contributed by atoms with Gasteiger partial charge in [0.2, 0.25) is 0 Å². The van der Waals surface area contributed by atoms with Gasteiger partial charge in [-0.1, -0.05) is 134 Å². The minimum Gasteiger partial charge on any atom is -0.0625 e. The lowest BCUT2D eigenvalue weighted by molar-refractivity contribution is 0.647. The highest BCUT2D eigenvalue weighted by Crippen LogP contribution is 2.47. The molecule has 0 atom stereocenters. The molecule has 0 bridgehead atoms. The Labute approximate surface area is 213 Å². The van der Waals surface area contributed by atoms with E-state index in [-0.39, 0.29) is 0 Å². The van der Waals surface area contributed by atoms with Crippen LogP contribution in [-0.4, -0.2) is 0 Å². The van der Waals surface area contributed by atoms with Gasteiger partial charge in [0.05, 0.1) is 0 Å². The Bertz CT molecular complexity index is 1100. The molecule has 4 aromatic rings. The third kappa shape index (κ3) is 6.17. The Morgan fingerprint density at radius 3 is 1.21 bits per heavy atom. The summed E-state index contributed by atoms with van der Waals surface area (Å²) in [6.07, 6.45) is 2.17. The predicted octanol–water partition coefficient (Wildman–Crippen LogP) is 10.2. The van der Waals surface area contributed by atoms with E-state index in [9.17, 15) is 0 Å². The highest BCUT2D eigenvalue weighted by molar-refractivity contribution is 8.76. The number of hydrogen-bond acceptors (Lipinski definition) is 2. The maximum Gasteiger partial charge on any atom is 0.0267 e. The molecule has 0 aliphatic heterocycles. The average Bonchev–Trinajstić information content (AvgIpc) is 2.83. The third-order valence-corrected chi connectivity index (χ3v) is 8.28. The lowest BCUT2D eigenvalue weighted by Gasteiger charge is -2.18. The monoisotopic (exact) mass is 482 g/mol. The number of benzene rings is 4. The van der Waals surface area contributed by atoms with Gasteiger partial charge in [0.15, 0.2) is 0 Å². The van der Waals surface area contributed by atoms with Crippen LogP contribution in [0.3, 0.4) is 0 Å². The summed E-state index contributed by atoms with van der Waals surface area (Å²) in [5.74, 6) is 1.24. The largest absolute Gasteiger partial charge is 0.0625 e. The minimum atomic E-state index is 0.618. The van der Waals surface area contributed by atoms with E-state index < -0.39 is 0 Å². The van der Waals surface area contributed by atoms with Crippen LogP contribution >= 0.6 is 21.6 Å². The van der Waals surface area contributed by atoms with Crippen LogP contribution in [0.5, 0.6) is 0 Å². The molecule has 0 amide bonds. The fourth-order valence-corrected chi connectivity index (χ4v) is 6.95. The first-order valence-electron chi connectivity index (χ1n) is 12.2. The van der Waals surface area contributed by atoms with E-state index in [4.69, 9.17) is 0 Å². The second-order valence-corrected chi connectivity index (χ2v) is 11.9. The maximum atomic E-state index is 2.30. The quantitative estimate of drug-likeness (QED) is 0.218. The van der Waals surface area contributed by atoms with Crippen LogP contribution in [-0.2, 0) is 12.8 Å². The van der Waals surface area contributed by atoms with Crippen molar-refractivity contribution in [2.24, 2.45) is 11.8 Å². The summed E-state index contributed by atoms with van der Waals surface area (Å²) in [7, 11) is 3.78. The lowest BCUT2D eigenvalue weighted by Crippen LogP contribution is -1.99. The summed E-state index contributed by atoms with van der Waals surface area (Å²) in [6, 6.07) is 35.4. The van der Waals surface area contributed by atoms with Crippen LogP contribution in [0.1, 0.15) is 38.8 Å². The Morgan fingerprint density at radius 2 is 0.853 bits per heavy atom. The molecule has 0 saturated carbocycles. The molecular weight excluding hydrogens is 448 g/mol. The molecule has 174 valence electrons. The smallest absolute Gasteiger partial charge is 0.0267 e. The molecule has 0 unspecified atom stereocenters. The van der Waals surface area contributed by atoms with Gasteiger partial charge in [0.1, 0.15) is 0 Å². The van der Waals surface area contributed by atoms with E-state index in [1.165, 1.54) is 43.2 Å². The van der Waals surface area contributed by atoms with Crippen LogP contribution < -0.4 is 0 Å². The van der Waals surface area contributed by atoms with E-state index in [1.54, 1.807) is 0 Å². The molecule has 0 heterocycles. The van der Waals surface area contributed by atoms with Crippen molar-refractivity contribution in [2.45, 2.75) is 50.3 Å². The normalized spacial score (nSPS) is 11.4. The van der Waals surface area contributed by atoms with Gasteiger partial charge in [-0.15, -0.1) is 0 Å². The summed E-state index contributed by atoms with van der Waals surface area (Å²) < 4.78 is 0. The first-order chi connectivity index (χ1) is 16.5. The van der Waals surface area contributed by atoms with Gasteiger partial charge in [-0.3, -0.25) is 0 Å². The zero-order chi connectivity index (χ0) is 23.9. The molecule has 0 fully saturated rings. The Hall–Kier alpha value is -2.42. The maximum absolute atomic E-state index is 2.30. The van der Waals surface area contributed by atoms with Crippen molar-refractivity contribution >= 4 is 21.6 Å². The van der Waals surface area contributed by atoms with E-state index >= 15 is 0 Å². The van der Waals surface area contributed by atoms with Gasteiger partial charge in [-0.2, -0.15) is 0 Å². The number of hydrogen-bond donors (Lipinski definition) is 0. The molecule has 0 aliphatic rings. The SMILES string of the molecule is CC(C)Cc1cccc(SSc2cccc(CC(C)C)c2-c2ccccc2)c1-c1ccccc1. The second-order valence-electron chi connectivity index (χ2n) is 9.68. The fourth-order valence-electron chi connectivity index (χ4n) is 4.47. The topological polar surface area (TPSA) is 0 Å². The summed E-state index contributed by atoms with van der Waals surface area (Å²) in [6.45, 7) is 9.21. The van der Waals surface area contributed by atoms with E-state index in [2.05, 4.69) is 125 Å². The van der Waals surface area contributed by atoms with E-state index in [1.807, 2.05) is 21.6 Å². The summed E-state index contributed by atoms with van der Waals surface area (Å²) in [4.78, 5) is 2.67. The van der Waals surface area contributed by atoms with Crippen molar-refractivity contribution < 1.29 is 0 Å². The molecule has 4 rings (SSSR count). The van der Waals surface area contributed by atoms with Crippen LogP contribution in [0, 0.1) is 11.8 Å². The summed E-state index contributed by atoms with van der Waals surface area (Å²) in [5.41, 5.74) is 8.24. The van der Waals surface area contributed by atoms with Crippen LogP contribution in [0.2, 0.25) is 0 Å². The van der Waals surface area contributed by atoms with Gasteiger partial charge < -0.3 is 0 Å². The molecule has 0 aromatic heterocycles. The average molecular weight is 483 g/mol. The van der Waals surface area contributed by atoms with Crippen LogP contribution in [0.25, 0.3) is 22.3 Å². The van der Waals surface area contributed by atoms with Gasteiger partial charge in [0.25, 0.3) is 0 Å². The zero-order valence-electron chi connectivity index (χ0n) is 20.6. The first-order valence-corrected chi connectivity index (χ1v) is 14.4. The molecule has 0 aliphatic carbocycles. The molecule has 0 nitrogen and oxygen atoms in total. The minimum absolute atomic E-state index is 0.618. The third-order valence-electron chi connectivity index (χ3n) is 5.83. The van der Waals surface area contributed by atoms with Gasteiger partial charge >= 0.3 is 0 Å². The van der Waals surface area contributed by atoms with Gasteiger partial charge in [0, 0.05) is 9.79 Å². The van der Waals surface area contributed by atoms with Crippen molar-refractivity contribution in [3.8, 4) is 22.3 Å². The zero-order valence-corrected chi connectivity index (χ0v) is 22.3. The first kappa shape index (κ1) is 24.7. The lowest BCUT2D eigenvalue weighted by atomic mass is 9.93. The molecule has 0 radical (unpaired) electrons. The highest BCUT2D eigenvalue weighted by atomic mass is 33.1. The van der Waals surface area contributed by atoms with Crippen molar-refractivity contribution in [2.75, 3.05) is 0 Å². The van der Waals surface area contributed by atoms with Crippen molar-refractivity contribution in [1.82, 2.24) is 0 Å². The van der Waals surface area contributed by atoms with E-state index in [0.29, 0.717) is 11.8 Å². The molecule has 34 heavy (non-hydrogen) atoms. The van der Waals surface area contributed by atoms with E-state index in [0.717, 1.165) is 12.8 Å². The Kier molecular flexibility index (Phi) is 8.59. The number of rotatable bonds is 9. The van der Waals surface area contributed by atoms with Gasteiger partial charge in [-0.05, 0) is 70.2 Å². The fraction of sp³-hybridized carbons (Fsp3) is 0.250. The highest BCUT2D eigenvalue weighted by Gasteiger charge is 2.16. The summed E-state index contributed by atoms with van der Waals surface area (Å²) >= 11 is 0. The molecule has 0 N–H and O–H groups in total. The van der Waals surface area contributed by atoms with Crippen LogP contribution in [0.15, 0.2) is 107 Å². The standard InChI is InChI=1S/C32H34S2/c1-23(2)21-27-17-11-19-29(31(27)25-13-7-5-8-14-25)33-34-30-20-12-18-28(22-24(3)4)32(30)26-15-9-6-10-16-26/h5-20,23-24H,21-22H2,1-4H3. The Morgan fingerprint density at radius 1 is 0.471 bits per heavy atom.